The number of halogens is 1. The molecule has 0 aromatic heterocycles. The van der Waals surface area contributed by atoms with E-state index in [1.165, 1.54) is 19.1 Å². The number of hydrogen-bond donors (Lipinski definition) is 0. The summed E-state index contributed by atoms with van der Waals surface area (Å²) in [6.45, 7) is 1.38. The lowest BCUT2D eigenvalue weighted by Crippen LogP contribution is -2.07. The van der Waals surface area contributed by atoms with Crippen molar-refractivity contribution in [3.8, 4) is 6.07 Å². The number of benzene rings is 1. The van der Waals surface area contributed by atoms with E-state index in [2.05, 4.69) is 15.9 Å². The summed E-state index contributed by atoms with van der Waals surface area (Å²) in [5.41, 5.74) is 0.639. The Bertz CT molecular complexity index is 508. The van der Waals surface area contributed by atoms with Crippen molar-refractivity contribution in [1.82, 2.24) is 0 Å². The zero-order valence-electron chi connectivity index (χ0n) is 9.01. The van der Waals surface area contributed by atoms with E-state index in [1.807, 2.05) is 6.07 Å². The summed E-state index contributed by atoms with van der Waals surface area (Å²) in [5, 5.41) is 19.5. The molecule has 1 aromatic rings. The molecule has 17 heavy (non-hydrogen) atoms. The number of Topliss-reactive ketones (excluding diaryl/α,β-unsaturated/α-hetero) is 1. The Labute approximate surface area is 106 Å². The fraction of sp³-hybridized carbons (Fsp3) is 0.273. The van der Waals surface area contributed by atoms with E-state index in [-0.39, 0.29) is 23.5 Å². The fourth-order valence-electron chi connectivity index (χ4n) is 1.49. The van der Waals surface area contributed by atoms with Crippen molar-refractivity contribution in [2.24, 2.45) is 0 Å². The summed E-state index contributed by atoms with van der Waals surface area (Å²) >= 11 is 3.17. The van der Waals surface area contributed by atoms with E-state index in [0.29, 0.717) is 5.56 Å². The molecular weight excluding hydrogens is 288 g/mol. The lowest BCUT2D eigenvalue weighted by atomic mass is 9.99. The lowest BCUT2D eigenvalue weighted by Gasteiger charge is -2.10. The third-order valence-corrected chi connectivity index (χ3v) is 3.41. The lowest BCUT2D eigenvalue weighted by molar-refractivity contribution is -0.385. The fourth-order valence-corrected chi connectivity index (χ4v) is 1.92. The van der Waals surface area contributed by atoms with Crippen LogP contribution in [0, 0.1) is 21.4 Å². The van der Waals surface area contributed by atoms with Crippen LogP contribution in [0.4, 0.5) is 5.69 Å². The molecule has 1 aromatic carbocycles. The quantitative estimate of drug-likeness (QED) is 0.486. The second-order valence-electron chi connectivity index (χ2n) is 3.41. The highest BCUT2D eigenvalue weighted by Gasteiger charge is 2.23. The third-order valence-electron chi connectivity index (χ3n) is 2.27. The molecule has 0 spiro atoms. The van der Waals surface area contributed by atoms with E-state index in [4.69, 9.17) is 5.26 Å². The molecule has 1 unspecified atom stereocenters. The molecule has 0 bridgehead atoms. The van der Waals surface area contributed by atoms with Crippen molar-refractivity contribution < 1.29 is 9.72 Å². The predicted molar refractivity (Wildman–Crippen MR) is 64.8 cm³/mol. The highest BCUT2D eigenvalue weighted by atomic mass is 79.9. The standard InChI is InChI=1S/C11H9BrN2O3/c1-7(15)11(12)9-3-2-4-10(14(16)17)8(9)5-6-13/h2-4,11H,5H2,1H3. The highest BCUT2D eigenvalue weighted by Crippen LogP contribution is 2.32. The van der Waals surface area contributed by atoms with E-state index >= 15 is 0 Å². The Kier molecular flexibility index (Phi) is 4.35. The number of carbonyl (C=O) groups is 1. The van der Waals surface area contributed by atoms with Gasteiger partial charge in [0.05, 0.1) is 22.2 Å². The normalized spacial score (nSPS) is 11.6. The van der Waals surface area contributed by atoms with Gasteiger partial charge in [0.25, 0.3) is 5.69 Å². The van der Waals surface area contributed by atoms with Crippen molar-refractivity contribution in [3.63, 3.8) is 0 Å². The molecule has 0 saturated carbocycles. The van der Waals surface area contributed by atoms with E-state index in [1.54, 1.807) is 6.07 Å². The first-order valence-electron chi connectivity index (χ1n) is 4.76. The third kappa shape index (κ3) is 2.88. The second kappa shape index (κ2) is 5.55. The first-order valence-corrected chi connectivity index (χ1v) is 5.68. The SMILES string of the molecule is CC(=O)C(Br)c1cccc([N+](=O)[O-])c1CC#N. The van der Waals surface area contributed by atoms with Gasteiger partial charge in [0, 0.05) is 11.6 Å². The Morgan fingerprint density at radius 1 is 1.65 bits per heavy atom. The molecule has 0 heterocycles. The average molecular weight is 297 g/mol. The van der Waals surface area contributed by atoms with Crippen LogP contribution in [-0.4, -0.2) is 10.7 Å². The van der Waals surface area contributed by atoms with Gasteiger partial charge in [0.2, 0.25) is 0 Å². The Balaban J connectivity index is 3.40. The van der Waals surface area contributed by atoms with Gasteiger partial charge in [-0.3, -0.25) is 14.9 Å². The number of nitrogens with zero attached hydrogens (tertiary/aromatic N) is 2. The Morgan fingerprint density at radius 3 is 2.76 bits per heavy atom. The van der Waals surface area contributed by atoms with Crippen LogP contribution in [-0.2, 0) is 11.2 Å². The largest absolute Gasteiger partial charge is 0.298 e. The van der Waals surface area contributed by atoms with Crippen LogP contribution in [0.1, 0.15) is 22.9 Å². The first kappa shape index (κ1) is 13.3. The molecule has 6 heteroatoms. The minimum absolute atomic E-state index is 0.0954. The van der Waals surface area contributed by atoms with Crippen LogP contribution in [0.25, 0.3) is 0 Å². The van der Waals surface area contributed by atoms with Crippen LogP contribution in [0.2, 0.25) is 0 Å². The monoisotopic (exact) mass is 296 g/mol. The first-order chi connectivity index (χ1) is 7.99. The molecule has 0 aliphatic rings. The molecule has 0 N–H and O–H groups in total. The van der Waals surface area contributed by atoms with Gasteiger partial charge in [-0.15, -0.1) is 0 Å². The van der Waals surface area contributed by atoms with Crippen LogP contribution < -0.4 is 0 Å². The topological polar surface area (TPSA) is 84.0 Å². The number of nitro groups is 1. The summed E-state index contributed by atoms with van der Waals surface area (Å²) in [7, 11) is 0. The summed E-state index contributed by atoms with van der Waals surface area (Å²) < 4.78 is 0. The van der Waals surface area contributed by atoms with E-state index < -0.39 is 9.75 Å². The Morgan fingerprint density at radius 2 is 2.29 bits per heavy atom. The summed E-state index contributed by atoms with van der Waals surface area (Å²) in [6, 6.07) is 6.32. The maximum absolute atomic E-state index is 11.3. The zero-order valence-corrected chi connectivity index (χ0v) is 10.6. The Hall–Kier alpha value is -1.74. The van der Waals surface area contributed by atoms with Gasteiger partial charge in [-0.25, -0.2) is 0 Å². The smallest absolute Gasteiger partial charge is 0.273 e. The van der Waals surface area contributed by atoms with Crippen LogP contribution in [0.15, 0.2) is 18.2 Å². The van der Waals surface area contributed by atoms with Crippen molar-refractivity contribution in [1.29, 1.82) is 5.26 Å². The van der Waals surface area contributed by atoms with Gasteiger partial charge in [-0.05, 0) is 12.5 Å². The van der Waals surface area contributed by atoms with E-state index in [0.717, 1.165) is 0 Å². The van der Waals surface area contributed by atoms with Gasteiger partial charge in [-0.1, -0.05) is 28.1 Å². The molecule has 0 radical (unpaired) electrons. The van der Waals surface area contributed by atoms with Gasteiger partial charge < -0.3 is 0 Å². The molecule has 88 valence electrons. The molecule has 5 nitrogen and oxygen atoms in total. The number of ketones is 1. The molecule has 1 rings (SSSR count). The van der Waals surface area contributed by atoms with Crippen molar-refractivity contribution in [3.05, 3.63) is 39.4 Å². The van der Waals surface area contributed by atoms with Gasteiger partial charge >= 0.3 is 0 Å². The molecule has 0 aliphatic heterocycles. The van der Waals surface area contributed by atoms with Crippen LogP contribution >= 0.6 is 15.9 Å². The number of carbonyl (C=O) groups excluding carboxylic acids is 1. The van der Waals surface area contributed by atoms with Gasteiger partial charge in [0.1, 0.15) is 5.78 Å². The van der Waals surface area contributed by atoms with Crippen molar-refractivity contribution in [2.75, 3.05) is 0 Å². The number of hydrogen-bond acceptors (Lipinski definition) is 4. The molecule has 0 amide bonds. The zero-order chi connectivity index (χ0) is 13.0. The van der Waals surface area contributed by atoms with Crippen LogP contribution in [0.5, 0.6) is 0 Å². The van der Waals surface area contributed by atoms with Gasteiger partial charge in [0.15, 0.2) is 0 Å². The van der Waals surface area contributed by atoms with Gasteiger partial charge in [-0.2, -0.15) is 5.26 Å². The van der Waals surface area contributed by atoms with E-state index in [9.17, 15) is 14.9 Å². The summed E-state index contributed by atoms with van der Waals surface area (Å²) in [4.78, 5) is 21.0. The molecule has 1 atom stereocenters. The minimum Gasteiger partial charge on any atom is -0.298 e. The molecular formula is C11H9BrN2O3. The molecule has 0 aliphatic carbocycles. The molecule has 0 saturated heterocycles. The number of nitro benzene ring substituents is 1. The summed E-state index contributed by atoms with van der Waals surface area (Å²) in [6.07, 6.45) is -0.0954. The van der Waals surface area contributed by atoms with Crippen LogP contribution in [0.3, 0.4) is 0 Å². The predicted octanol–water partition coefficient (Wildman–Crippen LogP) is 2.69. The number of nitriles is 1. The highest BCUT2D eigenvalue weighted by molar-refractivity contribution is 9.09. The average Bonchev–Trinajstić information content (AvgIpc) is 2.28. The maximum Gasteiger partial charge on any atom is 0.273 e. The second-order valence-corrected chi connectivity index (χ2v) is 4.33. The maximum atomic E-state index is 11.3. The number of alkyl halides is 1. The molecule has 0 fully saturated rings. The number of rotatable bonds is 4. The minimum atomic E-state index is -0.620. The summed E-state index contributed by atoms with van der Waals surface area (Å²) in [5.74, 6) is -0.162. The van der Waals surface area contributed by atoms with Crippen molar-refractivity contribution in [2.45, 2.75) is 18.2 Å². The van der Waals surface area contributed by atoms with Crippen molar-refractivity contribution >= 4 is 27.4 Å².